The van der Waals surface area contributed by atoms with Gasteiger partial charge in [-0.2, -0.15) is 0 Å². The minimum Gasteiger partial charge on any atom is -0.493 e. The molecule has 0 radical (unpaired) electrons. The number of allylic oxidation sites excluding steroid dienone is 1. The van der Waals surface area contributed by atoms with E-state index >= 15 is 0 Å². The molecule has 1 aliphatic heterocycles. The zero-order valence-electron chi connectivity index (χ0n) is 20.6. The van der Waals surface area contributed by atoms with Gasteiger partial charge < -0.3 is 23.7 Å². The first-order valence-electron chi connectivity index (χ1n) is 11.8. The summed E-state index contributed by atoms with van der Waals surface area (Å²) >= 11 is 0. The van der Waals surface area contributed by atoms with Gasteiger partial charge in [-0.05, 0) is 34.9 Å². The van der Waals surface area contributed by atoms with Crippen LogP contribution in [0.25, 0.3) is 6.08 Å². The third-order valence-corrected chi connectivity index (χ3v) is 5.90. The Morgan fingerprint density at radius 1 is 0.703 bits per heavy atom. The second kappa shape index (κ2) is 10.9. The van der Waals surface area contributed by atoms with Crippen LogP contribution in [0.5, 0.6) is 28.7 Å². The van der Waals surface area contributed by atoms with Crippen molar-refractivity contribution in [1.82, 2.24) is 0 Å². The van der Waals surface area contributed by atoms with E-state index in [1.54, 1.807) is 44.6 Å². The van der Waals surface area contributed by atoms with Gasteiger partial charge in [-0.1, -0.05) is 66.7 Å². The van der Waals surface area contributed by atoms with Gasteiger partial charge >= 0.3 is 0 Å². The Morgan fingerprint density at radius 3 is 2.00 bits per heavy atom. The molecule has 0 unspecified atom stereocenters. The molecule has 0 aliphatic carbocycles. The van der Waals surface area contributed by atoms with Gasteiger partial charge in [0.15, 0.2) is 17.3 Å². The molecule has 37 heavy (non-hydrogen) atoms. The van der Waals surface area contributed by atoms with Crippen LogP contribution in [0.3, 0.4) is 0 Å². The van der Waals surface area contributed by atoms with Crippen molar-refractivity contribution in [3.05, 3.63) is 119 Å². The lowest BCUT2D eigenvalue weighted by Crippen LogP contribution is -2.03. The number of methoxy groups -OCH3 is 2. The van der Waals surface area contributed by atoms with Crippen LogP contribution in [-0.2, 0) is 13.2 Å². The smallest absolute Gasteiger partial charge is 0.235 e. The van der Waals surface area contributed by atoms with Crippen molar-refractivity contribution in [3.8, 4) is 28.7 Å². The molecule has 6 heteroatoms. The normalized spacial score (nSPS) is 13.1. The molecule has 0 saturated carbocycles. The summed E-state index contributed by atoms with van der Waals surface area (Å²) in [5.41, 5.74) is 3.12. The highest BCUT2D eigenvalue weighted by Gasteiger charge is 2.32. The Bertz CT molecular complexity index is 1430. The molecule has 0 aromatic heterocycles. The average Bonchev–Trinajstić information content (AvgIpc) is 3.26. The third-order valence-electron chi connectivity index (χ3n) is 5.90. The number of rotatable bonds is 9. The number of carbonyl (C=O) groups excluding carboxylic acids is 1. The fourth-order valence-corrected chi connectivity index (χ4v) is 4.02. The molecule has 0 bridgehead atoms. The Labute approximate surface area is 215 Å². The topological polar surface area (TPSA) is 63.2 Å². The Morgan fingerprint density at radius 2 is 1.35 bits per heavy atom. The van der Waals surface area contributed by atoms with Crippen LogP contribution in [0.15, 0.2) is 96.8 Å². The molecule has 6 nitrogen and oxygen atoms in total. The minimum absolute atomic E-state index is 0.187. The van der Waals surface area contributed by atoms with Crippen molar-refractivity contribution in [2.75, 3.05) is 14.2 Å². The van der Waals surface area contributed by atoms with Crippen molar-refractivity contribution < 1.29 is 28.5 Å². The highest BCUT2D eigenvalue weighted by atomic mass is 16.5. The van der Waals surface area contributed by atoms with E-state index in [-0.39, 0.29) is 11.5 Å². The van der Waals surface area contributed by atoms with E-state index in [0.717, 1.165) is 16.7 Å². The molecule has 0 amide bonds. The Hall–Kier alpha value is -4.71. The van der Waals surface area contributed by atoms with E-state index in [2.05, 4.69) is 0 Å². The Kier molecular flexibility index (Phi) is 7.08. The zero-order valence-corrected chi connectivity index (χ0v) is 20.6. The molecule has 186 valence electrons. The van der Waals surface area contributed by atoms with Crippen molar-refractivity contribution in [3.63, 3.8) is 0 Å². The quantitative estimate of drug-likeness (QED) is 0.248. The molecule has 0 saturated heterocycles. The third kappa shape index (κ3) is 5.43. The highest BCUT2D eigenvalue weighted by Crippen LogP contribution is 2.42. The molecule has 0 atom stereocenters. The van der Waals surface area contributed by atoms with Crippen LogP contribution in [-0.4, -0.2) is 20.0 Å². The van der Waals surface area contributed by atoms with Gasteiger partial charge in [0, 0.05) is 12.1 Å². The maximum atomic E-state index is 13.4. The van der Waals surface area contributed by atoms with Crippen molar-refractivity contribution in [2.24, 2.45) is 0 Å². The van der Waals surface area contributed by atoms with Gasteiger partial charge in [0.25, 0.3) is 0 Å². The molecule has 1 heterocycles. The predicted molar refractivity (Wildman–Crippen MR) is 140 cm³/mol. The van der Waals surface area contributed by atoms with E-state index in [1.807, 2.05) is 66.7 Å². The summed E-state index contributed by atoms with van der Waals surface area (Å²) in [5.74, 6) is 2.43. The van der Waals surface area contributed by atoms with Crippen LogP contribution in [0.4, 0.5) is 0 Å². The lowest BCUT2D eigenvalue weighted by atomic mass is 10.1. The predicted octanol–water partition coefficient (Wildman–Crippen LogP) is 6.48. The first-order chi connectivity index (χ1) is 18.1. The van der Waals surface area contributed by atoms with Gasteiger partial charge in [0.1, 0.15) is 36.0 Å². The maximum absolute atomic E-state index is 13.4. The van der Waals surface area contributed by atoms with Gasteiger partial charge in [0.2, 0.25) is 5.78 Å². The zero-order chi connectivity index (χ0) is 25.6. The first kappa shape index (κ1) is 24.0. The largest absolute Gasteiger partial charge is 0.493 e. The molecule has 4 aromatic rings. The summed E-state index contributed by atoms with van der Waals surface area (Å²) in [6.45, 7) is 0.678. The van der Waals surface area contributed by atoms with Crippen molar-refractivity contribution in [2.45, 2.75) is 13.2 Å². The van der Waals surface area contributed by atoms with Crippen LogP contribution in [0, 0.1) is 0 Å². The molecule has 0 N–H and O–H groups in total. The molecule has 0 spiro atoms. The van der Waals surface area contributed by atoms with Gasteiger partial charge in [0.05, 0.1) is 14.2 Å². The van der Waals surface area contributed by atoms with E-state index in [9.17, 15) is 4.79 Å². The van der Waals surface area contributed by atoms with E-state index < -0.39 is 0 Å². The second-order valence-corrected chi connectivity index (χ2v) is 8.40. The SMILES string of the molecule is COc1ccc(/C=C2\Oc3cc(OCc4ccccc4)cc(OCc4ccccc4)c3C2=O)cc1OC. The van der Waals surface area contributed by atoms with E-state index in [1.165, 1.54) is 0 Å². The summed E-state index contributed by atoms with van der Waals surface area (Å²) in [6, 6.07) is 28.5. The molecular formula is C31H26O6. The van der Waals surface area contributed by atoms with Crippen LogP contribution < -0.4 is 23.7 Å². The summed E-state index contributed by atoms with van der Waals surface area (Å²) in [7, 11) is 3.14. The van der Waals surface area contributed by atoms with Crippen molar-refractivity contribution >= 4 is 11.9 Å². The molecule has 1 aliphatic rings. The van der Waals surface area contributed by atoms with Gasteiger partial charge in [-0.3, -0.25) is 4.79 Å². The van der Waals surface area contributed by atoms with E-state index in [0.29, 0.717) is 47.5 Å². The van der Waals surface area contributed by atoms with Crippen LogP contribution in [0.2, 0.25) is 0 Å². The Balaban J connectivity index is 1.45. The summed E-state index contributed by atoms with van der Waals surface area (Å²) in [6.07, 6.45) is 1.68. The number of carbonyl (C=O) groups is 1. The lowest BCUT2D eigenvalue weighted by Gasteiger charge is -2.13. The molecule has 5 rings (SSSR count). The number of benzene rings is 4. The maximum Gasteiger partial charge on any atom is 0.235 e. The lowest BCUT2D eigenvalue weighted by molar-refractivity contribution is 0.101. The molecule has 0 fully saturated rings. The summed E-state index contributed by atoms with van der Waals surface area (Å²) in [5, 5.41) is 0. The number of hydrogen-bond donors (Lipinski definition) is 0. The fraction of sp³-hybridized carbons (Fsp3) is 0.129. The monoisotopic (exact) mass is 494 g/mol. The number of Topliss-reactive ketones (excluding diaryl/α,β-unsaturated/α-hetero) is 1. The average molecular weight is 495 g/mol. The number of ether oxygens (including phenoxy) is 5. The fourth-order valence-electron chi connectivity index (χ4n) is 4.02. The number of hydrogen-bond acceptors (Lipinski definition) is 6. The van der Waals surface area contributed by atoms with E-state index in [4.69, 9.17) is 23.7 Å². The molecular weight excluding hydrogens is 468 g/mol. The summed E-state index contributed by atoms with van der Waals surface area (Å²) < 4.78 is 28.9. The number of fused-ring (bicyclic) bond motifs is 1. The second-order valence-electron chi connectivity index (χ2n) is 8.40. The highest BCUT2D eigenvalue weighted by molar-refractivity contribution is 6.16. The molecule has 4 aromatic carbocycles. The number of ketones is 1. The van der Waals surface area contributed by atoms with Gasteiger partial charge in [-0.25, -0.2) is 0 Å². The summed E-state index contributed by atoms with van der Waals surface area (Å²) in [4.78, 5) is 13.4. The van der Waals surface area contributed by atoms with Crippen LogP contribution >= 0.6 is 0 Å². The van der Waals surface area contributed by atoms with Crippen LogP contribution in [0.1, 0.15) is 27.0 Å². The minimum atomic E-state index is -0.262. The van der Waals surface area contributed by atoms with Crippen molar-refractivity contribution in [1.29, 1.82) is 0 Å². The first-order valence-corrected chi connectivity index (χ1v) is 11.8. The van der Waals surface area contributed by atoms with Gasteiger partial charge in [-0.15, -0.1) is 0 Å². The standard InChI is InChI=1S/C31H26O6/c1-33-25-14-13-23(15-26(25)34-2)16-29-31(32)30-27(36-20-22-11-7-4-8-12-22)17-24(18-28(30)37-29)35-19-21-9-5-3-6-10-21/h3-18H,19-20H2,1-2H3/b29-16-.